The Balaban J connectivity index is 1.91. The van der Waals surface area contributed by atoms with Crippen molar-refractivity contribution in [3.05, 3.63) is 29.3 Å². The van der Waals surface area contributed by atoms with E-state index < -0.39 is 5.97 Å². The van der Waals surface area contributed by atoms with Crippen LogP contribution in [0.25, 0.3) is 0 Å². The van der Waals surface area contributed by atoms with Gasteiger partial charge < -0.3 is 15.7 Å². The Kier molecular flexibility index (Phi) is 4.50. The third-order valence-corrected chi connectivity index (χ3v) is 4.09. The molecule has 5 heteroatoms. The maximum absolute atomic E-state index is 11.9. The summed E-state index contributed by atoms with van der Waals surface area (Å²) in [5.74, 6) is -0.989. The van der Waals surface area contributed by atoms with Crippen molar-refractivity contribution in [2.75, 3.05) is 11.9 Å². The van der Waals surface area contributed by atoms with E-state index in [1.165, 1.54) is 18.9 Å². The number of nitrogens with one attached hydrogen (secondary N) is 2. The minimum absolute atomic E-state index is 0.206. The number of carbonyl (C=O) groups excluding carboxylic acids is 1. The van der Waals surface area contributed by atoms with Gasteiger partial charge in [0.1, 0.15) is 0 Å². The van der Waals surface area contributed by atoms with Crippen LogP contribution in [0.5, 0.6) is 0 Å². The lowest BCUT2D eigenvalue weighted by atomic mass is 10.0. The number of benzene rings is 1. The normalized spacial score (nSPS) is 15.3. The van der Waals surface area contributed by atoms with Crippen molar-refractivity contribution in [2.45, 2.75) is 39.5 Å². The molecule has 21 heavy (non-hydrogen) atoms. The van der Waals surface area contributed by atoms with Crippen LogP contribution in [0.3, 0.4) is 0 Å². The Morgan fingerprint density at radius 1 is 1.33 bits per heavy atom. The lowest BCUT2D eigenvalue weighted by Crippen LogP contribution is -2.33. The van der Waals surface area contributed by atoms with Crippen LogP contribution in [0.1, 0.15) is 48.5 Å². The van der Waals surface area contributed by atoms with Crippen molar-refractivity contribution in [1.29, 1.82) is 0 Å². The van der Waals surface area contributed by atoms with E-state index in [-0.39, 0.29) is 11.6 Å². The Bertz CT molecular complexity index is 550. The second-order valence-electron chi connectivity index (χ2n) is 5.89. The first-order valence-corrected chi connectivity index (χ1v) is 7.34. The van der Waals surface area contributed by atoms with Gasteiger partial charge in [0, 0.05) is 12.2 Å². The number of aryl methyl sites for hydroxylation is 1. The van der Waals surface area contributed by atoms with Crippen molar-refractivity contribution in [3.63, 3.8) is 0 Å². The van der Waals surface area contributed by atoms with Crippen molar-refractivity contribution in [1.82, 2.24) is 5.32 Å². The molecular weight excluding hydrogens is 268 g/mol. The monoisotopic (exact) mass is 290 g/mol. The van der Waals surface area contributed by atoms with Gasteiger partial charge in [-0.25, -0.2) is 9.59 Å². The van der Waals surface area contributed by atoms with Gasteiger partial charge in [-0.3, -0.25) is 0 Å². The molecule has 2 amide bonds. The highest BCUT2D eigenvalue weighted by atomic mass is 16.4. The predicted molar refractivity (Wildman–Crippen MR) is 81.7 cm³/mol. The summed E-state index contributed by atoms with van der Waals surface area (Å²) in [5, 5.41) is 14.7. The van der Waals surface area contributed by atoms with Gasteiger partial charge in [-0.2, -0.15) is 0 Å². The van der Waals surface area contributed by atoms with E-state index in [0.717, 1.165) is 12.8 Å². The number of carboxylic acids is 1. The Hall–Kier alpha value is -2.04. The van der Waals surface area contributed by atoms with Gasteiger partial charge in [0.2, 0.25) is 0 Å². The van der Waals surface area contributed by atoms with E-state index in [2.05, 4.69) is 17.6 Å². The number of hydrogen-bond acceptors (Lipinski definition) is 2. The zero-order valence-electron chi connectivity index (χ0n) is 12.5. The van der Waals surface area contributed by atoms with Gasteiger partial charge in [0.25, 0.3) is 0 Å². The van der Waals surface area contributed by atoms with Crippen LogP contribution in [-0.2, 0) is 0 Å². The van der Waals surface area contributed by atoms with Crippen LogP contribution >= 0.6 is 0 Å². The molecule has 0 spiro atoms. The number of carbonyl (C=O) groups is 2. The third kappa shape index (κ3) is 3.97. The highest BCUT2D eigenvalue weighted by Crippen LogP contribution is 2.48. The predicted octanol–water partition coefficient (Wildman–Crippen LogP) is 3.40. The Labute approximate surface area is 124 Å². The van der Waals surface area contributed by atoms with E-state index >= 15 is 0 Å². The van der Waals surface area contributed by atoms with Gasteiger partial charge in [-0.05, 0) is 49.3 Å². The lowest BCUT2D eigenvalue weighted by molar-refractivity contribution is 0.0696. The van der Waals surface area contributed by atoms with Crippen molar-refractivity contribution in [2.24, 2.45) is 5.41 Å². The van der Waals surface area contributed by atoms with E-state index in [1.807, 2.05) is 0 Å². The largest absolute Gasteiger partial charge is 0.478 e. The summed E-state index contributed by atoms with van der Waals surface area (Å²) in [6, 6.07) is 4.60. The summed E-state index contributed by atoms with van der Waals surface area (Å²) in [6.45, 7) is 4.57. The molecule has 0 atom stereocenters. The van der Waals surface area contributed by atoms with Gasteiger partial charge in [-0.15, -0.1) is 0 Å². The molecule has 114 valence electrons. The first-order valence-electron chi connectivity index (χ1n) is 7.34. The minimum Gasteiger partial charge on any atom is -0.478 e. The van der Waals surface area contributed by atoms with Gasteiger partial charge in [-0.1, -0.05) is 19.4 Å². The van der Waals surface area contributed by atoms with Gasteiger partial charge >= 0.3 is 12.0 Å². The van der Waals surface area contributed by atoms with Crippen LogP contribution in [0, 0.1) is 12.3 Å². The lowest BCUT2D eigenvalue weighted by Gasteiger charge is -2.15. The van der Waals surface area contributed by atoms with Crippen molar-refractivity contribution < 1.29 is 14.7 Å². The summed E-state index contributed by atoms with van der Waals surface area (Å²) in [4.78, 5) is 23.0. The smallest absolute Gasteiger partial charge is 0.336 e. The number of amides is 2. The highest BCUT2D eigenvalue weighted by Gasteiger charge is 2.41. The average molecular weight is 290 g/mol. The van der Waals surface area contributed by atoms with Crippen LogP contribution in [-0.4, -0.2) is 23.7 Å². The molecular formula is C16H22N2O3. The molecule has 1 fully saturated rings. The topological polar surface area (TPSA) is 78.4 Å². The molecule has 0 aromatic heterocycles. The number of carboxylic acid groups (broad SMARTS) is 1. The van der Waals surface area contributed by atoms with E-state index in [9.17, 15) is 9.59 Å². The van der Waals surface area contributed by atoms with Crippen molar-refractivity contribution >= 4 is 17.7 Å². The Morgan fingerprint density at radius 2 is 2.05 bits per heavy atom. The first kappa shape index (κ1) is 15.4. The molecule has 0 unspecified atom stereocenters. The minimum atomic E-state index is -0.989. The van der Waals surface area contributed by atoms with Crippen molar-refractivity contribution in [3.8, 4) is 0 Å². The molecule has 1 aromatic carbocycles. The molecule has 0 radical (unpaired) electrons. The standard InChI is InChI=1S/C16H22N2O3/c1-3-6-16(7-8-16)10-17-15(21)18-12-5-4-11(2)13(9-12)14(19)20/h4-5,9H,3,6-8,10H2,1-2H3,(H,19,20)(H2,17,18,21). The first-order chi connectivity index (χ1) is 9.96. The summed E-state index contributed by atoms with van der Waals surface area (Å²) in [7, 11) is 0. The molecule has 5 nitrogen and oxygen atoms in total. The van der Waals surface area contributed by atoms with E-state index in [1.54, 1.807) is 19.1 Å². The quantitative estimate of drug-likeness (QED) is 0.751. The Morgan fingerprint density at radius 3 is 2.62 bits per heavy atom. The van der Waals surface area contributed by atoms with Crippen LogP contribution in [0.15, 0.2) is 18.2 Å². The molecule has 0 aliphatic heterocycles. The van der Waals surface area contributed by atoms with Gasteiger partial charge in [0.05, 0.1) is 5.56 Å². The zero-order chi connectivity index (χ0) is 15.5. The molecule has 0 saturated heterocycles. The number of urea groups is 1. The molecule has 1 aliphatic carbocycles. The van der Waals surface area contributed by atoms with E-state index in [4.69, 9.17) is 5.11 Å². The molecule has 1 aliphatic rings. The molecule has 1 saturated carbocycles. The highest BCUT2D eigenvalue weighted by molar-refractivity contribution is 5.94. The number of hydrogen-bond donors (Lipinski definition) is 3. The number of rotatable bonds is 6. The second-order valence-corrected chi connectivity index (χ2v) is 5.89. The molecule has 0 heterocycles. The summed E-state index contributed by atoms with van der Waals surface area (Å²) in [6.07, 6.45) is 4.62. The number of aromatic carboxylic acids is 1. The molecule has 1 aromatic rings. The fourth-order valence-electron chi connectivity index (χ4n) is 2.60. The fourth-order valence-corrected chi connectivity index (χ4v) is 2.60. The maximum atomic E-state index is 11.9. The second kappa shape index (κ2) is 6.16. The SMILES string of the molecule is CCCC1(CNC(=O)Nc2ccc(C)c(C(=O)O)c2)CC1. The molecule has 0 bridgehead atoms. The summed E-state index contributed by atoms with van der Waals surface area (Å²) in [5.41, 5.74) is 1.67. The number of anilines is 1. The van der Waals surface area contributed by atoms with Gasteiger partial charge in [0.15, 0.2) is 0 Å². The maximum Gasteiger partial charge on any atom is 0.336 e. The van der Waals surface area contributed by atoms with Crippen LogP contribution < -0.4 is 10.6 Å². The summed E-state index contributed by atoms with van der Waals surface area (Å²) >= 11 is 0. The summed E-state index contributed by atoms with van der Waals surface area (Å²) < 4.78 is 0. The fraction of sp³-hybridized carbons (Fsp3) is 0.500. The zero-order valence-corrected chi connectivity index (χ0v) is 12.5. The average Bonchev–Trinajstić information content (AvgIpc) is 3.19. The molecule has 2 rings (SSSR count). The van der Waals surface area contributed by atoms with Crippen LogP contribution in [0.2, 0.25) is 0 Å². The third-order valence-electron chi connectivity index (χ3n) is 4.09. The van der Waals surface area contributed by atoms with E-state index in [0.29, 0.717) is 23.2 Å². The van der Waals surface area contributed by atoms with Crippen LogP contribution in [0.4, 0.5) is 10.5 Å². The molecule has 3 N–H and O–H groups in total.